The van der Waals surface area contributed by atoms with Crippen molar-refractivity contribution >= 4 is 13.8 Å². The van der Waals surface area contributed by atoms with E-state index in [0.29, 0.717) is 13.0 Å². The third-order valence-corrected chi connectivity index (χ3v) is 8.59. The van der Waals surface area contributed by atoms with E-state index < -0.39 is 13.9 Å². The number of carbonyl (C=O) groups is 1. The second-order valence-corrected chi connectivity index (χ2v) is 13.9. The number of phosphoric ester groups is 1. The number of ether oxygens (including phenoxy) is 2. The van der Waals surface area contributed by atoms with Crippen LogP contribution in [0.3, 0.4) is 0 Å². The lowest BCUT2D eigenvalue weighted by atomic mass is 10.1. The quantitative estimate of drug-likeness (QED) is 0.0284. The van der Waals surface area contributed by atoms with E-state index in [1.807, 2.05) is 0 Å². The van der Waals surface area contributed by atoms with E-state index in [-0.39, 0.29) is 32.3 Å². The van der Waals surface area contributed by atoms with Gasteiger partial charge in [-0.25, -0.2) is 4.57 Å². The Kier molecular flexibility index (Phi) is 36.6. The summed E-state index contributed by atoms with van der Waals surface area (Å²) in [6.45, 7) is 4.66. The summed E-state index contributed by atoms with van der Waals surface area (Å²) in [5.74, 6) is -0.355. The summed E-state index contributed by atoms with van der Waals surface area (Å²) < 4.78 is 33.3. The Morgan fingerprint density at radius 3 is 1.70 bits per heavy atom. The van der Waals surface area contributed by atoms with Gasteiger partial charge < -0.3 is 20.1 Å². The number of phosphoric acid groups is 1. The predicted octanol–water partition coefficient (Wildman–Crippen LogP) is 11.2. The van der Waals surface area contributed by atoms with Gasteiger partial charge in [0.15, 0.2) is 0 Å². The summed E-state index contributed by atoms with van der Waals surface area (Å²) in [5.41, 5.74) is 5.35. The molecule has 288 valence electrons. The summed E-state index contributed by atoms with van der Waals surface area (Å²) in [5, 5.41) is 0. The third kappa shape index (κ3) is 37.2. The third-order valence-electron chi connectivity index (χ3n) is 7.61. The molecule has 0 amide bonds. The van der Waals surface area contributed by atoms with Crippen molar-refractivity contribution in [2.45, 2.75) is 148 Å². The average Bonchev–Trinajstić information content (AvgIpc) is 3.10. The highest BCUT2D eigenvalue weighted by Crippen LogP contribution is 2.43. The summed E-state index contributed by atoms with van der Waals surface area (Å²) in [6, 6.07) is 0. The lowest BCUT2D eigenvalue weighted by Gasteiger charge is -2.20. The van der Waals surface area contributed by atoms with Crippen molar-refractivity contribution in [3.63, 3.8) is 0 Å². The normalized spacial score (nSPS) is 14.4. The first kappa shape index (κ1) is 47.9. The van der Waals surface area contributed by atoms with Crippen molar-refractivity contribution in [1.82, 2.24) is 0 Å². The summed E-state index contributed by atoms with van der Waals surface area (Å²) in [6.07, 6.45) is 46.3. The molecule has 2 unspecified atom stereocenters. The molecule has 0 bridgehead atoms. The van der Waals surface area contributed by atoms with Crippen molar-refractivity contribution in [2.75, 3.05) is 33.0 Å². The number of allylic oxidation sites excluding steroid dienone is 12. The summed E-state index contributed by atoms with van der Waals surface area (Å²) in [7, 11) is -4.28. The summed E-state index contributed by atoms with van der Waals surface area (Å²) >= 11 is 0. The van der Waals surface area contributed by atoms with Crippen LogP contribution in [0.2, 0.25) is 0 Å². The maximum Gasteiger partial charge on any atom is 0.472 e. The van der Waals surface area contributed by atoms with Crippen LogP contribution in [0.1, 0.15) is 142 Å². The smallest absolute Gasteiger partial charge is 0.457 e. The topological polar surface area (TPSA) is 117 Å². The predicted molar refractivity (Wildman–Crippen MR) is 210 cm³/mol. The van der Waals surface area contributed by atoms with Gasteiger partial charge in [-0.3, -0.25) is 13.8 Å². The Balaban J connectivity index is 4.14. The number of nitrogens with two attached hydrogens (primary N) is 1. The minimum Gasteiger partial charge on any atom is -0.457 e. The van der Waals surface area contributed by atoms with Crippen LogP contribution in [-0.4, -0.2) is 49.9 Å². The van der Waals surface area contributed by atoms with E-state index >= 15 is 0 Å². The maximum absolute atomic E-state index is 12.5. The Morgan fingerprint density at radius 1 is 0.620 bits per heavy atom. The number of unbranched alkanes of at least 4 members (excludes halogenated alkanes) is 11. The number of hydrogen-bond acceptors (Lipinski definition) is 7. The van der Waals surface area contributed by atoms with Crippen molar-refractivity contribution < 1.29 is 32.8 Å². The molecule has 9 heteroatoms. The Bertz CT molecular complexity index is 989. The molecule has 0 aliphatic heterocycles. The monoisotopic (exact) mass is 722 g/mol. The largest absolute Gasteiger partial charge is 0.472 e. The lowest BCUT2D eigenvalue weighted by molar-refractivity contribution is -0.154. The molecule has 0 fully saturated rings. The zero-order valence-corrected chi connectivity index (χ0v) is 32.5. The molecule has 0 spiro atoms. The van der Waals surface area contributed by atoms with E-state index in [2.05, 4.69) is 86.8 Å². The molecule has 8 nitrogen and oxygen atoms in total. The second-order valence-electron chi connectivity index (χ2n) is 12.4. The lowest BCUT2D eigenvalue weighted by Crippen LogP contribution is -2.28. The Labute approximate surface area is 305 Å². The minimum atomic E-state index is -4.28. The van der Waals surface area contributed by atoms with Crippen LogP contribution >= 0.6 is 7.82 Å². The first-order valence-corrected chi connectivity index (χ1v) is 20.9. The molecular formula is C41H72NO7P. The van der Waals surface area contributed by atoms with Gasteiger partial charge in [0.25, 0.3) is 0 Å². The molecule has 0 aromatic rings. The highest BCUT2D eigenvalue weighted by molar-refractivity contribution is 7.47. The molecular weight excluding hydrogens is 649 g/mol. The van der Waals surface area contributed by atoms with Crippen LogP contribution in [0.4, 0.5) is 0 Å². The van der Waals surface area contributed by atoms with E-state index in [4.69, 9.17) is 24.3 Å². The molecule has 50 heavy (non-hydrogen) atoms. The molecule has 3 N–H and O–H groups in total. The minimum absolute atomic E-state index is 0.0907. The fourth-order valence-corrected chi connectivity index (χ4v) is 5.53. The van der Waals surface area contributed by atoms with Gasteiger partial charge >= 0.3 is 13.8 Å². The van der Waals surface area contributed by atoms with Gasteiger partial charge in [0, 0.05) is 19.6 Å². The molecule has 0 aromatic carbocycles. The first-order chi connectivity index (χ1) is 24.4. The van der Waals surface area contributed by atoms with Crippen LogP contribution < -0.4 is 5.73 Å². The van der Waals surface area contributed by atoms with Crippen LogP contribution in [0, 0.1) is 0 Å². The Morgan fingerprint density at radius 2 is 1.12 bits per heavy atom. The molecule has 2 atom stereocenters. The highest BCUT2D eigenvalue weighted by atomic mass is 31.2. The van der Waals surface area contributed by atoms with Gasteiger partial charge in [-0.05, 0) is 77.0 Å². The van der Waals surface area contributed by atoms with Gasteiger partial charge in [0.2, 0.25) is 0 Å². The van der Waals surface area contributed by atoms with Crippen molar-refractivity contribution in [2.24, 2.45) is 5.73 Å². The number of carbonyl (C=O) groups excluding carboxylic acids is 1. The van der Waals surface area contributed by atoms with E-state index in [9.17, 15) is 14.3 Å². The zero-order chi connectivity index (χ0) is 36.6. The molecule has 0 rings (SSSR count). The SMILES string of the molecule is CC/C=C\C/C=C\C/C=C\C/C=C\C/C=C\CCCCCCOCC(COP(=O)(O)OCCN)OC(=O)CCCCCCC/C=C\CCCC. The standard InChI is InChI=1S/C41H72NO7P/c1-3-5-7-9-11-13-15-16-17-18-19-20-21-22-23-25-27-29-31-33-36-46-38-40(39-48-50(44,45)47-37-35-42)49-41(43)34-32-30-28-26-24-14-12-10-8-6-4-2/h5,7,10-13,16-17,19-20,22-23,40H,3-4,6,8-9,14-15,18,21,24-39,42H2,1-2H3,(H,44,45)/b7-5-,12-10-,13-11-,17-16-,20-19-,23-22-. The molecule has 0 aliphatic carbocycles. The van der Waals surface area contributed by atoms with E-state index in [0.717, 1.165) is 96.3 Å². The highest BCUT2D eigenvalue weighted by Gasteiger charge is 2.25. The summed E-state index contributed by atoms with van der Waals surface area (Å²) in [4.78, 5) is 22.3. The van der Waals surface area contributed by atoms with E-state index in [1.54, 1.807) is 0 Å². The molecule has 0 heterocycles. The first-order valence-electron chi connectivity index (χ1n) is 19.4. The van der Waals surface area contributed by atoms with Gasteiger partial charge in [0.1, 0.15) is 6.10 Å². The maximum atomic E-state index is 12.5. The van der Waals surface area contributed by atoms with Crippen molar-refractivity contribution in [1.29, 1.82) is 0 Å². The number of hydrogen-bond donors (Lipinski definition) is 2. The number of rotatable bonds is 36. The van der Waals surface area contributed by atoms with Gasteiger partial charge in [0.05, 0.1) is 19.8 Å². The van der Waals surface area contributed by atoms with Crippen molar-refractivity contribution in [3.8, 4) is 0 Å². The fraction of sp³-hybridized carbons (Fsp3) is 0.683. The number of esters is 1. The molecule has 0 aliphatic rings. The van der Waals surface area contributed by atoms with Gasteiger partial charge in [-0.2, -0.15) is 0 Å². The van der Waals surface area contributed by atoms with Crippen LogP contribution in [-0.2, 0) is 27.9 Å². The van der Waals surface area contributed by atoms with Gasteiger partial charge in [-0.15, -0.1) is 0 Å². The van der Waals surface area contributed by atoms with Crippen molar-refractivity contribution in [3.05, 3.63) is 72.9 Å². The molecule has 0 aromatic heterocycles. The second kappa shape index (κ2) is 38.2. The zero-order valence-electron chi connectivity index (χ0n) is 31.6. The van der Waals surface area contributed by atoms with Gasteiger partial charge in [-0.1, -0.05) is 132 Å². The fourth-order valence-electron chi connectivity index (χ4n) is 4.77. The Hall–Kier alpha value is -2.06. The van der Waals surface area contributed by atoms with Crippen LogP contribution in [0.15, 0.2) is 72.9 Å². The molecule has 0 radical (unpaired) electrons. The molecule has 0 saturated carbocycles. The van der Waals surface area contributed by atoms with E-state index in [1.165, 1.54) is 25.7 Å². The van der Waals surface area contributed by atoms with Crippen LogP contribution in [0.25, 0.3) is 0 Å². The molecule has 0 saturated heterocycles. The average molecular weight is 722 g/mol. The van der Waals surface area contributed by atoms with Crippen LogP contribution in [0.5, 0.6) is 0 Å².